The van der Waals surface area contributed by atoms with Gasteiger partial charge in [-0.15, -0.1) is 0 Å². The highest BCUT2D eigenvalue weighted by Gasteiger charge is 2.30. The van der Waals surface area contributed by atoms with Gasteiger partial charge in [0, 0.05) is 5.56 Å². The lowest BCUT2D eigenvalue weighted by molar-refractivity contribution is -0.137. The molecule has 0 amide bonds. The van der Waals surface area contributed by atoms with Gasteiger partial charge in [-0.25, -0.2) is 4.39 Å². The van der Waals surface area contributed by atoms with Gasteiger partial charge in [-0.2, -0.15) is 0 Å². The Morgan fingerprint density at radius 2 is 2.00 bits per heavy atom. The number of benzene rings is 1. The van der Waals surface area contributed by atoms with E-state index in [-0.39, 0.29) is 30.6 Å². The Kier molecular flexibility index (Phi) is 2.49. The fraction of sp³-hybridized carbons (Fsp3) is 0.273. The Balaban J connectivity index is 2.14. The van der Waals surface area contributed by atoms with Crippen molar-refractivity contribution in [1.29, 1.82) is 0 Å². The number of hydrogen-bond donors (Lipinski definition) is 0. The van der Waals surface area contributed by atoms with Crippen molar-refractivity contribution in [2.75, 3.05) is 6.61 Å². The van der Waals surface area contributed by atoms with Crippen molar-refractivity contribution >= 4 is 11.8 Å². The first kappa shape index (κ1) is 9.83. The second-order valence-electron chi connectivity index (χ2n) is 3.46. The minimum absolute atomic E-state index is 0.121. The molecule has 1 atom stereocenters. The van der Waals surface area contributed by atoms with Gasteiger partial charge in [0.05, 0.1) is 12.3 Å². The van der Waals surface area contributed by atoms with Crippen LogP contribution in [0.1, 0.15) is 16.8 Å². The molecule has 0 aliphatic carbocycles. The summed E-state index contributed by atoms with van der Waals surface area (Å²) in [6.07, 6.45) is 0.121. The predicted octanol–water partition coefficient (Wildman–Crippen LogP) is 1.57. The van der Waals surface area contributed by atoms with Crippen molar-refractivity contribution in [3.05, 3.63) is 35.6 Å². The second-order valence-corrected chi connectivity index (χ2v) is 3.46. The van der Waals surface area contributed by atoms with Crippen LogP contribution < -0.4 is 0 Å². The van der Waals surface area contributed by atoms with E-state index in [1.165, 1.54) is 24.3 Å². The first-order chi connectivity index (χ1) is 7.16. The average Bonchev–Trinajstić information content (AvgIpc) is 2.65. The Labute approximate surface area is 85.9 Å². The normalized spacial score (nSPS) is 20.1. The Hall–Kier alpha value is -1.71. The maximum atomic E-state index is 12.6. The molecule has 0 aromatic heterocycles. The zero-order valence-corrected chi connectivity index (χ0v) is 7.90. The first-order valence-electron chi connectivity index (χ1n) is 4.62. The van der Waals surface area contributed by atoms with E-state index in [0.717, 1.165) is 0 Å². The van der Waals surface area contributed by atoms with E-state index in [1.54, 1.807) is 0 Å². The third kappa shape index (κ3) is 2.03. The topological polar surface area (TPSA) is 43.4 Å². The minimum atomic E-state index is -0.414. The molecule has 0 saturated carbocycles. The number of ketones is 1. The van der Waals surface area contributed by atoms with Gasteiger partial charge in [0.2, 0.25) is 0 Å². The highest BCUT2D eigenvalue weighted by molar-refractivity contribution is 6.00. The van der Waals surface area contributed by atoms with Crippen LogP contribution in [0.25, 0.3) is 0 Å². The lowest BCUT2D eigenvalue weighted by Crippen LogP contribution is -2.14. The Bertz CT molecular complexity index is 397. The van der Waals surface area contributed by atoms with Crippen molar-refractivity contribution in [3.8, 4) is 0 Å². The number of Topliss-reactive ketones (excluding diaryl/α,β-unsaturated/α-hetero) is 1. The fourth-order valence-electron chi connectivity index (χ4n) is 1.53. The highest BCUT2D eigenvalue weighted by atomic mass is 19.1. The van der Waals surface area contributed by atoms with Crippen LogP contribution in [0.4, 0.5) is 4.39 Å². The van der Waals surface area contributed by atoms with Crippen LogP contribution in [0.3, 0.4) is 0 Å². The van der Waals surface area contributed by atoms with Gasteiger partial charge in [0.15, 0.2) is 5.78 Å². The van der Waals surface area contributed by atoms with Crippen LogP contribution in [0, 0.1) is 11.7 Å². The van der Waals surface area contributed by atoms with Crippen molar-refractivity contribution in [2.45, 2.75) is 6.42 Å². The minimum Gasteiger partial charge on any atom is -0.465 e. The van der Waals surface area contributed by atoms with Crippen LogP contribution >= 0.6 is 0 Å². The zero-order chi connectivity index (χ0) is 10.8. The maximum Gasteiger partial charge on any atom is 0.306 e. The summed E-state index contributed by atoms with van der Waals surface area (Å²) in [5, 5.41) is 0. The molecule has 1 saturated heterocycles. The number of hydrogen-bond acceptors (Lipinski definition) is 3. The molecule has 0 bridgehead atoms. The number of carbonyl (C=O) groups is 2. The average molecular weight is 208 g/mol. The molecule has 2 rings (SSSR count). The van der Waals surface area contributed by atoms with Gasteiger partial charge in [0.1, 0.15) is 12.4 Å². The third-order valence-electron chi connectivity index (χ3n) is 2.36. The van der Waals surface area contributed by atoms with E-state index in [2.05, 4.69) is 0 Å². The number of esters is 1. The van der Waals surface area contributed by atoms with Crippen molar-refractivity contribution in [1.82, 2.24) is 0 Å². The second kappa shape index (κ2) is 3.81. The molecular formula is C11H9FO3. The van der Waals surface area contributed by atoms with Gasteiger partial charge in [-0.1, -0.05) is 0 Å². The van der Waals surface area contributed by atoms with Gasteiger partial charge in [-0.3, -0.25) is 9.59 Å². The molecule has 0 N–H and O–H groups in total. The quantitative estimate of drug-likeness (QED) is 0.547. The standard InChI is InChI=1S/C11H9FO3/c12-9-3-1-7(2-4-9)11(14)8-5-10(13)15-6-8/h1-4,8H,5-6H2. The molecule has 15 heavy (non-hydrogen) atoms. The van der Waals surface area contributed by atoms with Crippen molar-refractivity contribution in [2.24, 2.45) is 5.92 Å². The summed E-state index contributed by atoms with van der Waals surface area (Å²) < 4.78 is 17.3. The van der Waals surface area contributed by atoms with Gasteiger partial charge >= 0.3 is 5.97 Å². The van der Waals surface area contributed by atoms with Crippen LogP contribution in [0.15, 0.2) is 24.3 Å². The number of ether oxygens (including phenoxy) is 1. The molecule has 1 heterocycles. The molecule has 0 radical (unpaired) electrons. The summed E-state index contributed by atoms with van der Waals surface area (Å²) in [6, 6.07) is 5.29. The van der Waals surface area contributed by atoms with Crippen LogP contribution in [-0.4, -0.2) is 18.4 Å². The molecule has 1 aliphatic heterocycles. The third-order valence-corrected chi connectivity index (χ3v) is 2.36. The summed E-state index contributed by atoms with van der Waals surface area (Å²) in [4.78, 5) is 22.6. The number of rotatable bonds is 2. The largest absolute Gasteiger partial charge is 0.465 e. The van der Waals surface area contributed by atoms with E-state index in [9.17, 15) is 14.0 Å². The molecule has 1 aliphatic rings. The SMILES string of the molecule is O=C1CC(C(=O)c2ccc(F)cc2)CO1. The molecule has 3 nitrogen and oxygen atoms in total. The molecule has 78 valence electrons. The van der Waals surface area contributed by atoms with E-state index in [4.69, 9.17) is 4.74 Å². The number of cyclic esters (lactones) is 1. The monoisotopic (exact) mass is 208 g/mol. The molecule has 4 heteroatoms. The lowest BCUT2D eigenvalue weighted by atomic mass is 9.97. The van der Waals surface area contributed by atoms with Crippen LogP contribution in [0.2, 0.25) is 0 Å². The molecule has 1 aromatic carbocycles. The number of halogens is 1. The van der Waals surface area contributed by atoms with Crippen LogP contribution in [0.5, 0.6) is 0 Å². The molecule has 1 fully saturated rings. The zero-order valence-electron chi connectivity index (χ0n) is 7.90. The summed E-state index contributed by atoms with van der Waals surface area (Å²) in [6.45, 7) is 0.134. The molecule has 1 aromatic rings. The predicted molar refractivity (Wildman–Crippen MR) is 49.8 cm³/mol. The van der Waals surface area contributed by atoms with E-state index >= 15 is 0 Å². The lowest BCUT2D eigenvalue weighted by Gasteiger charge is -2.04. The summed E-state index contributed by atoms with van der Waals surface area (Å²) in [7, 11) is 0. The Morgan fingerprint density at radius 3 is 2.53 bits per heavy atom. The fourth-order valence-corrected chi connectivity index (χ4v) is 1.53. The van der Waals surface area contributed by atoms with Gasteiger partial charge < -0.3 is 4.74 Å². The summed E-state index contributed by atoms with van der Waals surface area (Å²) in [5.41, 5.74) is 0.416. The van der Waals surface area contributed by atoms with E-state index < -0.39 is 5.92 Å². The van der Waals surface area contributed by atoms with Crippen molar-refractivity contribution < 1.29 is 18.7 Å². The van der Waals surface area contributed by atoms with Gasteiger partial charge in [-0.05, 0) is 24.3 Å². The maximum absolute atomic E-state index is 12.6. The van der Waals surface area contributed by atoms with E-state index in [0.29, 0.717) is 5.56 Å². The highest BCUT2D eigenvalue weighted by Crippen LogP contribution is 2.19. The van der Waals surface area contributed by atoms with E-state index in [1.807, 2.05) is 0 Å². The summed E-state index contributed by atoms with van der Waals surface area (Å²) in [5.74, 6) is -1.32. The Morgan fingerprint density at radius 1 is 1.33 bits per heavy atom. The molecule has 1 unspecified atom stereocenters. The number of carbonyl (C=O) groups excluding carboxylic acids is 2. The van der Waals surface area contributed by atoms with Gasteiger partial charge in [0.25, 0.3) is 0 Å². The summed E-state index contributed by atoms with van der Waals surface area (Å²) >= 11 is 0. The van der Waals surface area contributed by atoms with Crippen molar-refractivity contribution in [3.63, 3.8) is 0 Å². The smallest absolute Gasteiger partial charge is 0.306 e. The first-order valence-corrected chi connectivity index (χ1v) is 4.62. The molecular weight excluding hydrogens is 199 g/mol. The molecule has 0 spiro atoms. The van der Waals surface area contributed by atoms with Crippen LogP contribution in [-0.2, 0) is 9.53 Å².